The van der Waals surface area contributed by atoms with Crippen LogP contribution in [-0.4, -0.2) is 23.5 Å². The highest BCUT2D eigenvalue weighted by atomic mass is 31.2. The Morgan fingerprint density at radius 2 is 1.63 bits per heavy atom. The van der Waals surface area contributed by atoms with Crippen molar-refractivity contribution in [2.75, 3.05) is 18.5 Å². The molecule has 0 aliphatic rings. The molecular weight excluding hydrogens is 249 g/mol. The van der Waals surface area contributed by atoms with Gasteiger partial charge in [0.1, 0.15) is 0 Å². The average Bonchev–Trinajstić information content (AvgIpc) is 2.51. The molecule has 0 unspecified atom stereocenters. The molecular formula is C17H23NP+. The number of hydrogen-bond acceptors (Lipinski definition) is 1. The van der Waals surface area contributed by atoms with E-state index in [9.17, 15) is 0 Å². The first-order valence-corrected chi connectivity index (χ1v) is 9.48. The van der Waals surface area contributed by atoms with E-state index in [1.54, 1.807) is 5.30 Å². The smallest absolute Gasteiger partial charge is 0.0945 e. The molecule has 1 heterocycles. The van der Waals surface area contributed by atoms with E-state index in [4.69, 9.17) is 0 Å². The average molecular weight is 272 g/mol. The van der Waals surface area contributed by atoms with Crippen LogP contribution >= 0.6 is 7.26 Å². The quantitative estimate of drug-likeness (QED) is 0.733. The Balaban J connectivity index is 2.45. The fourth-order valence-corrected chi connectivity index (χ4v) is 5.96. The molecule has 0 saturated carbocycles. The molecule has 19 heavy (non-hydrogen) atoms. The first-order chi connectivity index (χ1) is 9.25. The Labute approximate surface area is 117 Å². The normalized spacial score (nSPS) is 11.5. The van der Waals surface area contributed by atoms with E-state index >= 15 is 0 Å². The van der Waals surface area contributed by atoms with E-state index in [0.717, 1.165) is 5.69 Å². The SMILES string of the molecule is CC[P+](CC)(CC)c1cccc(-c2ccccn2)c1. The Hall–Kier alpha value is -1.20. The minimum Gasteiger partial charge on any atom is -0.256 e. The van der Waals surface area contributed by atoms with Crippen LogP contribution in [0, 0.1) is 0 Å². The summed E-state index contributed by atoms with van der Waals surface area (Å²) in [5.74, 6) is 0. The van der Waals surface area contributed by atoms with Crippen molar-refractivity contribution in [3.63, 3.8) is 0 Å². The van der Waals surface area contributed by atoms with Crippen LogP contribution in [0.2, 0.25) is 0 Å². The van der Waals surface area contributed by atoms with Crippen LogP contribution in [0.15, 0.2) is 48.7 Å². The van der Waals surface area contributed by atoms with Gasteiger partial charge < -0.3 is 0 Å². The standard InChI is InChI=1S/C17H23NP/c1-4-19(5-2,6-3)16-11-9-10-15(14-16)17-12-7-8-13-18-17/h7-14H,4-6H2,1-3H3/q+1. The van der Waals surface area contributed by atoms with Gasteiger partial charge in [0.15, 0.2) is 0 Å². The van der Waals surface area contributed by atoms with Crippen LogP contribution in [0.3, 0.4) is 0 Å². The van der Waals surface area contributed by atoms with Gasteiger partial charge in [0.2, 0.25) is 0 Å². The molecule has 2 heteroatoms. The van der Waals surface area contributed by atoms with Gasteiger partial charge in [-0.1, -0.05) is 18.2 Å². The van der Waals surface area contributed by atoms with Gasteiger partial charge in [-0.15, -0.1) is 0 Å². The molecule has 0 fully saturated rings. The van der Waals surface area contributed by atoms with E-state index in [1.807, 2.05) is 12.3 Å². The molecule has 0 spiro atoms. The molecule has 1 nitrogen and oxygen atoms in total. The molecule has 2 rings (SSSR count). The third kappa shape index (κ3) is 2.87. The zero-order chi connectivity index (χ0) is 13.7. The third-order valence-corrected chi connectivity index (χ3v) is 9.18. The monoisotopic (exact) mass is 272 g/mol. The zero-order valence-electron chi connectivity index (χ0n) is 12.1. The maximum Gasteiger partial charge on any atom is 0.0945 e. The highest BCUT2D eigenvalue weighted by Crippen LogP contribution is 2.56. The molecule has 2 aromatic rings. The molecule has 0 N–H and O–H groups in total. The zero-order valence-corrected chi connectivity index (χ0v) is 13.0. The van der Waals surface area contributed by atoms with Crippen molar-refractivity contribution >= 4 is 12.6 Å². The van der Waals surface area contributed by atoms with Crippen molar-refractivity contribution in [2.24, 2.45) is 0 Å². The number of pyridine rings is 1. The van der Waals surface area contributed by atoms with E-state index in [0.29, 0.717) is 0 Å². The molecule has 1 aromatic carbocycles. The summed E-state index contributed by atoms with van der Waals surface area (Å²) in [7, 11) is -0.966. The fourth-order valence-electron chi connectivity index (χ4n) is 2.71. The predicted octanol–water partition coefficient (Wildman–Crippen LogP) is 4.45. The van der Waals surface area contributed by atoms with Gasteiger partial charge in [-0.05, 0) is 45.0 Å². The van der Waals surface area contributed by atoms with Crippen molar-refractivity contribution < 1.29 is 0 Å². The molecule has 0 saturated heterocycles. The molecule has 0 aliphatic heterocycles. The Morgan fingerprint density at radius 1 is 0.895 bits per heavy atom. The second kappa shape index (κ2) is 6.30. The van der Waals surface area contributed by atoms with Crippen LogP contribution in [0.5, 0.6) is 0 Å². The molecule has 100 valence electrons. The van der Waals surface area contributed by atoms with E-state index < -0.39 is 7.26 Å². The highest BCUT2D eigenvalue weighted by Gasteiger charge is 2.34. The number of nitrogens with zero attached hydrogens (tertiary/aromatic N) is 1. The largest absolute Gasteiger partial charge is 0.256 e. The second-order valence-corrected chi connectivity index (χ2v) is 9.56. The summed E-state index contributed by atoms with van der Waals surface area (Å²) < 4.78 is 0. The molecule has 1 aromatic heterocycles. The van der Waals surface area contributed by atoms with Gasteiger partial charge in [-0.25, -0.2) is 0 Å². The molecule has 0 bridgehead atoms. The van der Waals surface area contributed by atoms with Crippen LogP contribution < -0.4 is 5.30 Å². The first kappa shape index (κ1) is 14.2. The molecule has 0 radical (unpaired) electrons. The van der Waals surface area contributed by atoms with E-state index in [2.05, 4.69) is 62.2 Å². The topological polar surface area (TPSA) is 12.9 Å². The number of rotatable bonds is 5. The van der Waals surface area contributed by atoms with Crippen molar-refractivity contribution in [1.29, 1.82) is 0 Å². The van der Waals surface area contributed by atoms with Crippen molar-refractivity contribution in [1.82, 2.24) is 4.98 Å². The van der Waals surface area contributed by atoms with Crippen molar-refractivity contribution in [2.45, 2.75) is 20.8 Å². The predicted molar refractivity (Wildman–Crippen MR) is 87.9 cm³/mol. The minimum absolute atomic E-state index is 0.966. The highest BCUT2D eigenvalue weighted by molar-refractivity contribution is 7.82. The van der Waals surface area contributed by atoms with Crippen molar-refractivity contribution in [3.05, 3.63) is 48.7 Å². The van der Waals surface area contributed by atoms with Gasteiger partial charge >= 0.3 is 0 Å². The maximum absolute atomic E-state index is 4.46. The summed E-state index contributed by atoms with van der Waals surface area (Å²) in [6.45, 7) is 7.02. The number of aromatic nitrogens is 1. The summed E-state index contributed by atoms with van der Waals surface area (Å²) in [5.41, 5.74) is 2.32. The number of benzene rings is 1. The Morgan fingerprint density at radius 3 is 2.21 bits per heavy atom. The van der Waals surface area contributed by atoms with Crippen LogP contribution in [-0.2, 0) is 0 Å². The van der Waals surface area contributed by atoms with Crippen LogP contribution in [0.4, 0.5) is 0 Å². The molecule has 0 amide bonds. The van der Waals surface area contributed by atoms with Gasteiger partial charge in [0, 0.05) is 19.0 Å². The summed E-state index contributed by atoms with van der Waals surface area (Å²) in [5, 5.41) is 1.56. The summed E-state index contributed by atoms with van der Waals surface area (Å²) in [6, 6.07) is 15.1. The molecule has 0 atom stereocenters. The van der Waals surface area contributed by atoms with E-state index in [1.165, 1.54) is 24.0 Å². The fraction of sp³-hybridized carbons (Fsp3) is 0.353. The van der Waals surface area contributed by atoms with Gasteiger partial charge in [0.05, 0.1) is 29.5 Å². The lowest BCUT2D eigenvalue weighted by molar-refractivity contribution is 1.31. The Bertz CT molecular complexity index is 510. The van der Waals surface area contributed by atoms with Crippen LogP contribution in [0.25, 0.3) is 11.3 Å². The first-order valence-electron chi connectivity index (χ1n) is 7.14. The second-order valence-electron chi connectivity index (χ2n) is 4.86. The van der Waals surface area contributed by atoms with Gasteiger partial charge in [-0.3, -0.25) is 4.98 Å². The summed E-state index contributed by atoms with van der Waals surface area (Å²) >= 11 is 0. The molecule has 0 aliphatic carbocycles. The lowest BCUT2D eigenvalue weighted by Gasteiger charge is -2.23. The number of hydrogen-bond donors (Lipinski definition) is 0. The lowest BCUT2D eigenvalue weighted by atomic mass is 10.1. The lowest BCUT2D eigenvalue weighted by Crippen LogP contribution is -2.17. The van der Waals surface area contributed by atoms with E-state index in [-0.39, 0.29) is 0 Å². The van der Waals surface area contributed by atoms with Gasteiger partial charge in [-0.2, -0.15) is 0 Å². The Kier molecular flexibility index (Phi) is 4.71. The van der Waals surface area contributed by atoms with Crippen LogP contribution in [0.1, 0.15) is 20.8 Å². The van der Waals surface area contributed by atoms with Gasteiger partial charge in [0.25, 0.3) is 0 Å². The minimum atomic E-state index is -0.966. The third-order valence-electron chi connectivity index (χ3n) is 4.17. The maximum atomic E-state index is 4.46. The van der Waals surface area contributed by atoms with Crippen molar-refractivity contribution in [3.8, 4) is 11.3 Å². The summed E-state index contributed by atoms with van der Waals surface area (Å²) in [4.78, 5) is 4.46. The summed E-state index contributed by atoms with van der Waals surface area (Å²) in [6.07, 6.45) is 5.76.